The van der Waals surface area contributed by atoms with E-state index in [0.29, 0.717) is 39.0 Å². The smallest absolute Gasteiger partial charge is 0.294 e. The lowest BCUT2D eigenvalue weighted by molar-refractivity contribution is -0.438. The number of benzene rings is 4. The van der Waals surface area contributed by atoms with Crippen molar-refractivity contribution in [3.8, 4) is 5.75 Å². The van der Waals surface area contributed by atoms with Crippen LogP contribution in [-0.4, -0.2) is 79.3 Å². The number of phenols is 1. The Morgan fingerprint density at radius 2 is 1.27 bits per heavy atom. The summed E-state index contributed by atoms with van der Waals surface area (Å²) in [7, 11) is -8.80. The van der Waals surface area contributed by atoms with Gasteiger partial charge in [0.2, 0.25) is 17.5 Å². The van der Waals surface area contributed by atoms with Crippen LogP contribution in [0.2, 0.25) is 0 Å². The van der Waals surface area contributed by atoms with Crippen LogP contribution in [0, 0.1) is 0 Å². The highest BCUT2D eigenvalue weighted by atomic mass is 32.2. The van der Waals surface area contributed by atoms with Crippen molar-refractivity contribution in [3.63, 3.8) is 0 Å². The number of phenolic OH excluding ortho intramolecular Hbond substituents is 1. The molecular weight excluding hydrogens is 877 g/mol. The highest BCUT2D eigenvalue weighted by Gasteiger charge is 2.45. The molecule has 0 aliphatic carbocycles. The lowest BCUT2D eigenvalue weighted by atomic mass is 9.81. The van der Waals surface area contributed by atoms with Crippen LogP contribution in [0.3, 0.4) is 0 Å². The van der Waals surface area contributed by atoms with Gasteiger partial charge in [-0.25, -0.2) is 0 Å². The van der Waals surface area contributed by atoms with E-state index in [0.717, 1.165) is 63.4 Å². The third kappa shape index (κ3) is 11.8. The largest absolute Gasteiger partial charge is 0.508 e. The van der Waals surface area contributed by atoms with Gasteiger partial charge in [-0.2, -0.15) is 21.4 Å². The second-order valence-electron chi connectivity index (χ2n) is 17.5. The molecule has 0 spiro atoms. The first-order valence-electron chi connectivity index (χ1n) is 22.0. The minimum absolute atomic E-state index is 0.0997. The predicted molar refractivity (Wildman–Crippen MR) is 259 cm³/mol. The van der Waals surface area contributed by atoms with Crippen LogP contribution in [0.4, 0.5) is 11.4 Å². The molecule has 0 saturated heterocycles. The second kappa shape index (κ2) is 20.6. The van der Waals surface area contributed by atoms with E-state index in [1.54, 1.807) is 24.3 Å². The van der Waals surface area contributed by atoms with Crippen LogP contribution in [0.15, 0.2) is 131 Å². The lowest BCUT2D eigenvalue weighted by Crippen LogP contribution is -2.35. The molecule has 2 amide bonds. The number of hydrogen-bond donors (Lipinski definition) is 5. The van der Waals surface area contributed by atoms with E-state index in [9.17, 15) is 40.6 Å². The molecule has 66 heavy (non-hydrogen) atoms. The van der Waals surface area contributed by atoms with Crippen molar-refractivity contribution in [1.82, 2.24) is 10.6 Å². The Kier molecular flexibility index (Phi) is 15.4. The first-order chi connectivity index (χ1) is 31.2. The number of allylic oxidation sites excluding steroid dienone is 6. The Labute approximate surface area is 388 Å². The highest BCUT2D eigenvalue weighted by Crippen LogP contribution is 2.48. The van der Waals surface area contributed by atoms with E-state index in [1.165, 1.54) is 24.3 Å². The van der Waals surface area contributed by atoms with Gasteiger partial charge < -0.3 is 20.6 Å². The number of hydrogen-bond acceptors (Lipinski definition) is 8. The van der Waals surface area contributed by atoms with Gasteiger partial charge in [-0.15, -0.1) is 0 Å². The minimum atomic E-state index is -4.43. The summed E-state index contributed by atoms with van der Waals surface area (Å²) in [6, 6.07) is 23.9. The Hall–Kier alpha value is -6.13. The van der Waals surface area contributed by atoms with Crippen LogP contribution in [0.1, 0.15) is 88.1 Å². The average molecular weight is 936 g/mol. The van der Waals surface area contributed by atoms with E-state index in [-0.39, 0.29) is 33.8 Å². The number of nitrogens with one attached hydrogen (secondary N) is 2. The van der Waals surface area contributed by atoms with Gasteiger partial charge >= 0.3 is 0 Å². The van der Waals surface area contributed by atoms with E-state index < -0.39 is 31.1 Å². The van der Waals surface area contributed by atoms with Crippen molar-refractivity contribution in [3.05, 3.63) is 149 Å². The Balaban J connectivity index is 1.01. The lowest BCUT2D eigenvalue weighted by Gasteiger charge is -2.25. The van der Waals surface area contributed by atoms with Crippen molar-refractivity contribution in [2.75, 3.05) is 31.1 Å². The molecule has 2 aliphatic heterocycles. The third-order valence-corrected chi connectivity index (χ3v) is 13.8. The van der Waals surface area contributed by atoms with E-state index in [1.807, 2.05) is 114 Å². The van der Waals surface area contributed by atoms with E-state index >= 15 is 0 Å². The maximum absolute atomic E-state index is 12.7. The molecule has 2 aliphatic rings. The Bertz CT molecular complexity index is 2840. The third-order valence-electron chi connectivity index (χ3n) is 12.1. The second-order valence-corrected chi connectivity index (χ2v) is 20.3. The SMILES string of the molecule is CCN1C(=CC=CC=CC2=[N+](CCCCCC(=O)NCCNC(=O)Cc3ccc(/C=C/c4ccc(O)cc4)cc3)c3ccc(S(=O)(=O)O)cc3C2(C)C)C(C)(C)c2cc(S(=O)(=O)O)ccc21. The summed E-state index contributed by atoms with van der Waals surface area (Å²) in [6.07, 6.45) is 16.3. The molecule has 0 aromatic heterocycles. The van der Waals surface area contributed by atoms with Gasteiger partial charge in [0.25, 0.3) is 20.2 Å². The maximum Gasteiger partial charge on any atom is 0.294 e. The van der Waals surface area contributed by atoms with E-state index in [4.69, 9.17) is 0 Å². The minimum Gasteiger partial charge on any atom is -0.508 e. The number of unbranched alkanes of at least 4 members (excludes halogenated alkanes) is 2. The molecule has 2 heterocycles. The summed E-state index contributed by atoms with van der Waals surface area (Å²) >= 11 is 0. The molecule has 0 atom stereocenters. The summed E-state index contributed by atoms with van der Waals surface area (Å²) in [6.45, 7) is 11.9. The molecule has 0 fully saturated rings. The number of anilines is 1. The number of aromatic hydroxyl groups is 1. The first kappa shape index (κ1) is 49.3. The Morgan fingerprint density at radius 3 is 1.89 bits per heavy atom. The summed E-state index contributed by atoms with van der Waals surface area (Å²) in [5, 5.41) is 15.2. The molecule has 15 heteroatoms. The van der Waals surface area contributed by atoms with Crippen LogP contribution in [-0.2, 0) is 47.1 Å². The number of carbonyl (C=O) groups is 2. The topological polar surface area (TPSA) is 193 Å². The molecule has 0 unspecified atom stereocenters. The molecule has 5 N–H and O–H groups in total. The summed E-state index contributed by atoms with van der Waals surface area (Å²) < 4.78 is 69.8. The zero-order chi connectivity index (χ0) is 47.9. The summed E-state index contributed by atoms with van der Waals surface area (Å²) in [5.74, 6) is -0.0218. The van der Waals surface area contributed by atoms with Gasteiger partial charge in [-0.05, 0) is 104 Å². The fraction of sp³-hybridized carbons (Fsp3) is 0.314. The van der Waals surface area contributed by atoms with Crippen LogP contribution in [0.5, 0.6) is 5.75 Å². The highest BCUT2D eigenvalue weighted by molar-refractivity contribution is 7.86. The fourth-order valence-corrected chi connectivity index (χ4v) is 9.58. The standard InChI is InChI=1S/C51H58N4O9S2/c1-6-54-44-28-26-40(65(59,60)61)34-42(44)50(2,3)46(54)13-9-7-10-14-47-51(4,5)43-35-41(66(62,63)64)27-29-45(43)55(47)32-12-8-11-15-48(57)52-30-31-53-49(58)33-38-20-18-36(19-21-38)16-17-37-22-24-39(56)25-23-37/h7,9-10,13-14,16-29,34-35H,6,8,11-12,15,30-33H2,1-5H3,(H4-,52,53,56,57,58,59,60,61,62,63,64)/p+1/b17-16+. The molecule has 0 saturated carbocycles. The van der Waals surface area contributed by atoms with Gasteiger partial charge in [0.15, 0.2) is 5.71 Å². The van der Waals surface area contributed by atoms with Crippen LogP contribution >= 0.6 is 0 Å². The maximum atomic E-state index is 12.7. The van der Waals surface area contributed by atoms with Crippen LogP contribution in [0.25, 0.3) is 12.2 Å². The number of fused-ring (bicyclic) bond motifs is 2. The molecule has 6 rings (SSSR count). The molecule has 4 aromatic rings. The summed E-state index contributed by atoms with van der Waals surface area (Å²) in [4.78, 5) is 27.0. The average Bonchev–Trinajstić information content (AvgIpc) is 3.61. The molecule has 348 valence electrons. The fourth-order valence-electron chi connectivity index (χ4n) is 8.57. The number of amides is 2. The Morgan fingerprint density at radius 1 is 0.682 bits per heavy atom. The zero-order valence-corrected chi connectivity index (χ0v) is 39.6. The normalized spacial score (nSPS) is 16.2. The monoisotopic (exact) mass is 935 g/mol. The summed E-state index contributed by atoms with van der Waals surface area (Å²) in [5.41, 5.74) is 6.81. The molecule has 13 nitrogen and oxygen atoms in total. The predicted octanol–water partition coefficient (Wildman–Crippen LogP) is 8.28. The zero-order valence-electron chi connectivity index (χ0n) is 38.0. The van der Waals surface area contributed by atoms with Gasteiger partial charge in [-0.3, -0.25) is 18.7 Å². The van der Waals surface area contributed by atoms with Crippen molar-refractivity contribution in [1.29, 1.82) is 0 Å². The van der Waals surface area contributed by atoms with Crippen molar-refractivity contribution in [2.45, 2.75) is 87.3 Å². The van der Waals surface area contributed by atoms with Crippen molar-refractivity contribution >= 4 is 61.3 Å². The quantitative estimate of drug-likeness (QED) is 0.0201. The molecule has 0 bridgehead atoms. The number of likely N-dealkylation sites (N-methyl/N-ethyl adjacent to an activating group) is 1. The van der Waals surface area contributed by atoms with E-state index in [2.05, 4.69) is 20.1 Å². The van der Waals surface area contributed by atoms with Gasteiger partial charge in [-0.1, -0.05) is 80.6 Å². The first-order valence-corrected chi connectivity index (χ1v) is 24.9. The molecule has 4 aromatic carbocycles. The van der Waals surface area contributed by atoms with Gasteiger partial charge in [0.05, 0.1) is 21.6 Å². The van der Waals surface area contributed by atoms with Gasteiger partial charge in [0, 0.05) is 67.0 Å². The number of rotatable bonds is 19. The number of carbonyl (C=O) groups excluding carboxylic acids is 2. The van der Waals surface area contributed by atoms with Crippen molar-refractivity contribution in [2.24, 2.45) is 0 Å². The van der Waals surface area contributed by atoms with Crippen molar-refractivity contribution < 1.29 is 45.2 Å². The number of nitrogens with zero attached hydrogens (tertiary/aromatic N) is 2. The van der Waals surface area contributed by atoms with Crippen LogP contribution < -0.4 is 15.5 Å². The van der Waals surface area contributed by atoms with Gasteiger partial charge in [0.1, 0.15) is 12.3 Å². The molecule has 0 radical (unpaired) electrons. The molecular formula is C51H59N4O9S2+.